The van der Waals surface area contributed by atoms with Crippen molar-refractivity contribution in [2.24, 2.45) is 5.73 Å². The Morgan fingerprint density at radius 2 is 1.93 bits per heavy atom. The molecule has 2 rings (SSSR count). The second-order valence-corrected chi connectivity index (χ2v) is 3.21. The number of hydrogen-bond donors (Lipinski definition) is 2. The molecule has 0 spiro atoms. The molecule has 3 N–H and O–H groups in total. The molecule has 1 aromatic heterocycles. The van der Waals surface area contributed by atoms with Gasteiger partial charge in [0.15, 0.2) is 0 Å². The Kier molecular flexibility index (Phi) is 3.68. The zero-order chi connectivity index (χ0) is 11.3. The summed E-state index contributed by atoms with van der Waals surface area (Å²) in [5, 5.41) is 1.28. The van der Waals surface area contributed by atoms with E-state index in [1.807, 2.05) is 18.3 Å². The molecule has 15 heavy (non-hydrogen) atoms. The average Bonchev–Trinajstić information content (AvgIpc) is 2.66. The van der Waals surface area contributed by atoms with Crippen molar-refractivity contribution in [1.29, 1.82) is 0 Å². The van der Waals surface area contributed by atoms with Crippen molar-refractivity contribution in [1.82, 2.24) is 4.98 Å². The highest BCUT2D eigenvalue weighted by Gasteiger charge is 1.87. The fourth-order valence-electron chi connectivity index (χ4n) is 0.995. The van der Waals surface area contributed by atoms with Gasteiger partial charge in [0, 0.05) is 17.3 Å². The molecule has 0 saturated heterocycles. The highest BCUT2D eigenvalue weighted by molar-refractivity contribution is 5.90. The molecule has 0 radical (unpaired) electrons. The number of rotatable bonds is 1. The van der Waals surface area contributed by atoms with E-state index in [2.05, 4.69) is 29.8 Å². The third kappa shape index (κ3) is 3.31. The van der Waals surface area contributed by atoms with Crippen LogP contribution in [0.15, 0.2) is 48.7 Å². The standard InChI is InChI=1S/C8H7N.C4H7NO/c1-2-4-8-7(3-1)5-6-9-8;1-3(2)4(5)6/h1-6,9H;1H2,2H3,(H2,5,6). The van der Waals surface area contributed by atoms with Gasteiger partial charge in [-0.05, 0) is 24.4 Å². The Morgan fingerprint density at radius 1 is 1.33 bits per heavy atom. The minimum absolute atomic E-state index is 0.398. The van der Waals surface area contributed by atoms with Crippen molar-refractivity contribution < 1.29 is 4.79 Å². The summed E-state index contributed by atoms with van der Waals surface area (Å²) in [5.41, 5.74) is 6.30. The van der Waals surface area contributed by atoms with E-state index >= 15 is 0 Å². The smallest absolute Gasteiger partial charge is 0.243 e. The molecule has 3 nitrogen and oxygen atoms in total. The molecule has 0 bridgehead atoms. The molecule has 0 unspecified atom stereocenters. The van der Waals surface area contributed by atoms with Gasteiger partial charge in [-0.15, -0.1) is 0 Å². The summed E-state index contributed by atoms with van der Waals surface area (Å²) < 4.78 is 0. The van der Waals surface area contributed by atoms with Crippen molar-refractivity contribution in [3.63, 3.8) is 0 Å². The number of hydrogen-bond acceptors (Lipinski definition) is 1. The van der Waals surface area contributed by atoms with Crippen LogP contribution >= 0.6 is 0 Å². The second kappa shape index (κ2) is 5.00. The van der Waals surface area contributed by atoms with Gasteiger partial charge >= 0.3 is 0 Å². The summed E-state index contributed by atoms with van der Waals surface area (Å²) in [5.74, 6) is -0.435. The predicted octanol–water partition coefficient (Wildman–Crippen LogP) is 2.22. The number of para-hydroxylation sites is 1. The molecule has 0 fully saturated rings. The van der Waals surface area contributed by atoms with E-state index in [4.69, 9.17) is 5.73 Å². The van der Waals surface area contributed by atoms with Gasteiger partial charge in [-0.3, -0.25) is 4.79 Å². The van der Waals surface area contributed by atoms with E-state index in [1.165, 1.54) is 10.9 Å². The molecule has 1 aromatic carbocycles. The Labute approximate surface area is 88.6 Å². The number of aromatic nitrogens is 1. The van der Waals surface area contributed by atoms with E-state index in [9.17, 15) is 4.79 Å². The first-order chi connectivity index (χ1) is 7.11. The Bertz CT molecular complexity index is 429. The molecule has 0 saturated carbocycles. The average molecular weight is 202 g/mol. The van der Waals surface area contributed by atoms with Crippen LogP contribution in [0.3, 0.4) is 0 Å². The lowest BCUT2D eigenvalue weighted by atomic mass is 10.3. The van der Waals surface area contributed by atoms with Gasteiger partial charge in [-0.1, -0.05) is 24.8 Å². The number of benzene rings is 1. The quantitative estimate of drug-likeness (QED) is 0.684. The first kappa shape index (κ1) is 11.0. The summed E-state index contributed by atoms with van der Waals surface area (Å²) >= 11 is 0. The minimum atomic E-state index is -0.435. The fraction of sp³-hybridized carbons (Fsp3) is 0.0833. The number of nitrogens with one attached hydrogen (secondary N) is 1. The summed E-state index contributed by atoms with van der Waals surface area (Å²) in [6.45, 7) is 4.85. The summed E-state index contributed by atoms with van der Waals surface area (Å²) in [6, 6.07) is 10.3. The zero-order valence-corrected chi connectivity index (χ0v) is 8.66. The van der Waals surface area contributed by atoms with Crippen LogP contribution in [0.25, 0.3) is 10.9 Å². The van der Waals surface area contributed by atoms with Gasteiger partial charge < -0.3 is 10.7 Å². The first-order valence-electron chi connectivity index (χ1n) is 4.58. The van der Waals surface area contributed by atoms with Crippen molar-refractivity contribution in [3.05, 3.63) is 48.7 Å². The highest BCUT2D eigenvalue weighted by Crippen LogP contribution is 2.09. The maximum Gasteiger partial charge on any atom is 0.243 e. The second-order valence-electron chi connectivity index (χ2n) is 3.21. The maximum absolute atomic E-state index is 9.82. The lowest BCUT2D eigenvalue weighted by Crippen LogP contribution is -2.10. The molecule has 2 aromatic rings. The van der Waals surface area contributed by atoms with Crippen molar-refractivity contribution in [2.45, 2.75) is 6.92 Å². The van der Waals surface area contributed by atoms with Crippen molar-refractivity contribution >= 4 is 16.8 Å². The zero-order valence-electron chi connectivity index (χ0n) is 8.66. The summed E-state index contributed by atoms with van der Waals surface area (Å²) in [7, 11) is 0. The minimum Gasteiger partial charge on any atom is -0.366 e. The number of H-pyrrole nitrogens is 1. The lowest BCUT2D eigenvalue weighted by Gasteiger charge is -1.83. The summed E-state index contributed by atoms with van der Waals surface area (Å²) in [4.78, 5) is 12.9. The molecule has 0 aliphatic rings. The maximum atomic E-state index is 9.82. The molecule has 3 heteroatoms. The van der Waals surface area contributed by atoms with Crippen LogP contribution in [-0.2, 0) is 4.79 Å². The molecular formula is C12H14N2O. The molecule has 1 heterocycles. The third-order valence-corrected chi connectivity index (χ3v) is 1.88. The van der Waals surface area contributed by atoms with E-state index in [0.29, 0.717) is 5.57 Å². The normalized spacial score (nSPS) is 9.13. The molecule has 78 valence electrons. The van der Waals surface area contributed by atoms with E-state index < -0.39 is 5.91 Å². The predicted molar refractivity (Wildman–Crippen MR) is 62.3 cm³/mol. The van der Waals surface area contributed by atoms with Gasteiger partial charge in [0.1, 0.15) is 0 Å². The number of primary amides is 1. The van der Waals surface area contributed by atoms with Crippen LogP contribution in [0.4, 0.5) is 0 Å². The topological polar surface area (TPSA) is 58.9 Å². The largest absolute Gasteiger partial charge is 0.366 e. The molecule has 0 atom stereocenters. The van der Waals surface area contributed by atoms with Gasteiger partial charge in [-0.25, -0.2) is 0 Å². The summed E-state index contributed by atoms with van der Waals surface area (Å²) in [6.07, 6.45) is 1.95. The van der Waals surface area contributed by atoms with Gasteiger partial charge in [0.25, 0.3) is 0 Å². The van der Waals surface area contributed by atoms with Crippen molar-refractivity contribution in [3.8, 4) is 0 Å². The number of carbonyl (C=O) groups is 1. The van der Waals surface area contributed by atoms with Gasteiger partial charge in [-0.2, -0.15) is 0 Å². The van der Waals surface area contributed by atoms with Crippen LogP contribution in [-0.4, -0.2) is 10.9 Å². The van der Waals surface area contributed by atoms with Crippen molar-refractivity contribution in [2.75, 3.05) is 0 Å². The number of aromatic amines is 1. The van der Waals surface area contributed by atoms with Gasteiger partial charge in [0.2, 0.25) is 5.91 Å². The number of nitrogens with two attached hydrogens (primary N) is 1. The SMILES string of the molecule is C=C(C)C(N)=O.c1ccc2[nH]ccc2c1. The number of fused-ring (bicyclic) bond motifs is 1. The molecule has 1 amide bonds. The third-order valence-electron chi connectivity index (χ3n) is 1.88. The van der Waals surface area contributed by atoms with Crippen LogP contribution in [0.1, 0.15) is 6.92 Å². The fourth-order valence-corrected chi connectivity index (χ4v) is 0.995. The van der Waals surface area contributed by atoms with Crippen LogP contribution in [0.2, 0.25) is 0 Å². The Hall–Kier alpha value is -2.03. The Balaban J connectivity index is 0.000000167. The van der Waals surface area contributed by atoms with Crippen LogP contribution < -0.4 is 5.73 Å². The number of amides is 1. The molecule has 0 aliphatic carbocycles. The number of carbonyl (C=O) groups excluding carboxylic acids is 1. The monoisotopic (exact) mass is 202 g/mol. The van der Waals surface area contributed by atoms with E-state index in [0.717, 1.165) is 0 Å². The molecular weight excluding hydrogens is 188 g/mol. The van der Waals surface area contributed by atoms with Gasteiger partial charge in [0.05, 0.1) is 0 Å². The van der Waals surface area contributed by atoms with Crippen LogP contribution in [0.5, 0.6) is 0 Å². The van der Waals surface area contributed by atoms with Crippen LogP contribution in [0, 0.1) is 0 Å². The first-order valence-corrected chi connectivity index (χ1v) is 4.58. The Morgan fingerprint density at radius 3 is 2.47 bits per heavy atom. The van der Waals surface area contributed by atoms with E-state index in [1.54, 1.807) is 6.92 Å². The van der Waals surface area contributed by atoms with E-state index in [-0.39, 0.29) is 0 Å². The molecule has 0 aliphatic heterocycles. The highest BCUT2D eigenvalue weighted by atomic mass is 16.1. The lowest BCUT2D eigenvalue weighted by molar-refractivity contribution is -0.114.